The number of fused-ring (bicyclic) bond motifs is 1. The van der Waals surface area contributed by atoms with Gasteiger partial charge in [-0.05, 0) is 50.7 Å². The summed E-state index contributed by atoms with van der Waals surface area (Å²) in [6.07, 6.45) is 9.42. The fourth-order valence-electron chi connectivity index (χ4n) is 4.64. The molecule has 30 heavy (non-hydrogen) atoms. The number of nitrogens with one attached hydrogen (secondary N) is 2. The summed E-state index contributed by atoms with van der Waals surface area (Å²) in [5.74, 6) is 0.880. The molecule has 0 saturated heterocycles. The van der Waals surface area contributed by atoms with Crippen molar-refractivity contribution in [2.45, 2.75) is 69.6 Å². The van der Waals surface area contributed by atoms with Gasteiger partial charge < -0.3 is 15.7 Å². The molecule has 0 spiro atoms. The molecule has 0 bridgehead atoms. The van der Waals surface area contributed by atoms with Crippen molar-refractivity contribution in [2.75, 3.05) is 10.6 Å². The maximum atomic E-state index is 14.2. The molecule has 2 heterocycles. The summed E-state index contributed by atoms with van der Waals surface area (Å²) in [5.41, 5.74) is 1.87. The van der Waals surface area contributed by atoms with Gasteiger partial charge in [0.1, 0.15) is 11.3 Å². The van der Waals surface area contributed by atoms with Gasteiger partial charge >= 0.3 is 0 Å². The van der Waals surface area contributed by atoms with E-state index in [1.807, 2.05) is 0 Å². The number of aromatic nitrogens is 4. The van der Waals surface area contributed by atoms with Crippen LogP contribution in [0.4, 0.5) is 22.0 Å². The Morgan fingerprint density at radius 2 is 1.77 bits per heavy atom. The molecule has 0 aliphatic heterocycles. The van der Waals surface area contributed by atoms with Crippen LogP contribution in [-0.4, -0.2) is 36.8 Å². The first-order chi connectivity index (χ1) is 14.7. The molecule has 0 radical (unpaired) electrons. The molecule has 158 valence electrons. The van der Waals surface area contributed by atoms with Gasteiger partial charge in [0.25, 0.3) is 0 Å². The number of aliphatic hydroxyl groups is 1. The van der Waals surface area contributed by atoms with E-state index in [0.29, 0.717) is 23.1 Å². The van der Waals surface area contributed by atoms with Crippen LogP contribution in [0, 0.1) is 5.82 Å². The van der Waals surface area contributed by atoms with Crippen LogP contribution in [0.2, 0.25) is 0 Å². The summed E-state index contributed by atoms with van der Waals surface area (Å²) in [5, 5.41) is 16.3. The number of imidazole rings is 1. The van der Waals surface area contributed by atoms with Crippen molar-refractivity contribution >= 4 is 28.7 Å². The minimum atomic E-state index is -0.310. The van der Waals surface area contributed by atoms with E-state index in [2.05, 4.69) is 20.2 Å². The molecular weight excluding hydrogens is 383 g/mol. The van der Waals surface area contributed by atoms with Gasteiger partial charge in [-0.2, -0.15) is 4.98 Å². The van der Waals surface area contributed by atoms with Crippen LogP contribution >= 0.6 is 0 Å². The molecule has 2 aromatic heterocycles. The number of hydrogen-bond acceptors (Lipinski definition) is 6. The first-order valence-corrected chi connectivity index (χ1v) is 10.9. The Labute approximate surface area is 174 Å². The fourth-order valence-corrected chi connectivity index (χ4v) is 4.64. The summed E-state index contributed by atoms with van der Waals surface area (Å²) in [6, 6.07) is 7.18. The topological polar surface area (TPSA) is 87.9 Å². The Balaban J connectivity index is 1.49. The number of hydrogen-bond donors (Lipinski definition) is 3. The molecule has 3 N–H and O–H groups in total. The van der Waals surface area contributed by atoms with Crippen molar-refractivity contribution in [3.05, 3.63) is 36.3 Å². The highest BCUT2D eigenvalue weighted by molar-refractivity contribution is 5.76. The second kappa shape index (κ2) is 8.18. The molecule has 0 amide bonds. The van der Waals surface area contributed by atoms with Gasteiger partial charge in [-0.15, -0.1) is 0 Å². The third kappa shape index (κ3) is 3.84. The largest absolute Gasteiger partial charge is 0.393 e. The summed E-state index contributed by atoms with van der Waals surface area (Å²) in [6.45, 7) is 0. The molecule has 2 saturated carbocycles. The number of para-hydroxylation sites is 1. The van der Waals surface area contributed by atoms with Gasteiger partial charge in [0.15, 0.2) is 5.65 Å². The Morgan fingerprint density at radius 1 is 1.00 bits per heavy atom. The average molecular weight is 410 g/mol. The smallest absolute Gasteiger partial charge is 0.224 e. The summed E-state index contributed by atoms with van der Waals surface area (Å²) in [7, 11) is 0. The predicted molar refractivity (Wildman–Crippen MR) is 114 cm³/mol. The first-order valence-electron chi connectivity index (χ1n) is 10.9. The quantitative estimate of drug-likeness (QED) is 0.572. The minimum absolute atomic E-state index is 0.192. The van der Waals surface area contributed by atoms with Gasteiger partial charge in [0.2, 0.25) is 11.9 Å². The molecule has 2 aliphatic rings. The van der Waals surface area contributed by atoms with Gasteiger partial charge in [0, 0.05) is 12.1 Å². The lowest BCUT2D eigenvalue weighted by molar-refractivity contribution is 0.126. The minimum Gasteiger partial charge on any atom is -0.393 e. The van der Waals surface area contributed by atoms with E-state index in [0.717, 1.165) is 44.2 Å². The van der Waals surface area contributed by atoms with Gasteiger partial charge in [-0.3, -0.25) is 4.57 Å². The first kappa shape index (κ1) is 19.2. The molecule has 0 atom stereocenters. The Morgan fingerprint density at radius 3 is 2.53 bits per heavy atom. The van der Waals surface area contributed by atoms with Crippen LogP contribution in [0.1, 0.15) is 57.4 Å². The van der Waals surface area contributed by atoms with Crippen LogP contribution in [0.3, 0.4) is 0 Å². The number of aliphatic hydroxyl groups excluding tert-OH is 1. The zero-order valence-corrected chi connectivity index (χ0v) is 16.9. The standard InChI is InChI=1S/C22H27FN6O/c23-17-7-3-4-8-18(17)26-22-27-19-13-24-21(25-14-9-11-16(30)12-10-14)28-20(19)29(22)15-5-1-2-6-15/h3-4,7-8,13-16,30H,1-2,5-6,9-12H2,(H,26,27)(H,24,25,28). The maximum Gasteiger partial charge on any atom is 0.224 e. The van der Waals surface area contributed by atoms with Gasteiger partial charge in [0.05, 0.1) is 18.0 Å². The normalized spacial score (nSPS) is 22.5. The number of anilines is 3. The molecular formula is C22H27FN6O. The van der Waals surface area contributed by atoms with E-state index in [-0.39, 0.29) is 24.0 Å². The Hall–Kier alpha value is -2.74. The molecule has 0 unspecified atom stereocenters. The summed E-state index contributed by atoms with van der Waals surface area (Å²) in [4.78, 5) is 14.0. The van der Waals surface area contributed by atoms with E-state index in [1.165, 1.54) is 18.9 Å². The van der Waals surface area contributed by atoms with E-state index in [1.54, 1.807) is 24.4 Å². The fraction of sp³-hybridized carbons (Fsp3) is 0.500. The van der Waals surface area contributed by atoms with Gasteiger partial charge in [-0.25, -0.2) is 14.4 Å². The highest BCUT2D eigenvalue weighted by Gasteiger charge is 2.25. The van der Waals surface area contributed by atoms with Gasteiger partial charge in [-0.1, -0.05) is 25.0 Å². The second-order valence-corrected chi connectivity index (χ2v) is 8.40. The third-order valence-electron chi connectivity index (χ3n) is 6.27. The lowest BCUT2D eigenvalue weighted by atomic mass is 9.93. The molecule has 3 aromatic rings. The van der Waals surface area contributed by atoms with Crippen LogP contribution in [-0.2, 0) is 0 Å². The second-order valence-electron chi connectivity index (χ2n) is 8.40. The van der Waals surface area contributed by atoms with E-state index in [4.69, 9.17) is 9.97 Å². The SMILES string of the molecule is OC1CCC(Nc2ncc3nc(Nc4ccccc4F)n(C4CCCC4)c3n2)CC1. The molecule has 8 heteroatoms. The average Bonchev–Trinajstić information content (AvgIpc) is 3.38. The summed E-state index contributed by atoms with van der Waals surface area (Å²) < 4.78 is 16.4. The molecule has 5 rings (SSSR count). The Kier molecular flexibility index (Phi) is 5.25. The van der Waals surface area contributed by atoms with Crippen molar-refractivity contribution < 1.29 is 9.50 Å². The van der Waals surface area contributed by atoms with Crippen molar-refractivity contribution in [1.82, 2.24) is 19.5 Å². The highest BCUT2D eigenvalue weighted by atomic mass is 19.1. The number of rotatable bonds is 5. The number of benzene rings is 1. The van der Waals surface area contributed by atoms with Crippen LogP contribution < -0.4 is 10.6 Å². The lowest BCUT2D eigenvalue weighted by Gasteiger charge is -2.26. The van der Waals surface area contributed by atoms with E-state index in [9.17, 15) is 9.50 Å². The number of halogens is 1. The Bertz CT molecular complexity index is 1020. The molecule has 1 aromatic carbocycles. The third-order valence-corrected chi connectivity index (χ3v) is 6.27. The summed E-state index contributed by atoms with van der Waals surface area (Å²) >= 11 is 0. The highest BCUT2D eigenvalue weighted by Crippen LogP contribution is 2.36. The zero-order chi connectivity index (χ0) is 20.5. The van der Waals surface area contributed by atoms with E-state index >= 15 is 0 Å². The van der Waals surface area contributed by atoms with E-state index < -0.39 is 0 Å². The van der Waals surface area contributed by atoms with Crippen LogP contribution in [0.25, 0.3) is 11.2 Å². The maximum absolute atomic E-state index is 14.2. The van der Waals surface area contributed by atoms with Crippen molar-refractivity contribution in [3.8, 4) is 0 Å². The van der Waals surface area contributed by atoms with Crippen molar-refractivity contribution in [2.24, 2.45) is 0 Å². The molecule has 7 nitrogen and oxygen atoms in total. The number of nitrogens with zero attached hydrogens (tertiary/aromatic N) is 4. The van der Waals surface area contributed by atoms with Crippen molar-refractivity contribution in [1.29, 1.82) is 0 Å². The monoisotopic (exact) mass is 410 g/mol. The van der Waals surface area contributed by atoms with Crippen LogP contribution in [0.15, 0.2) is 30.5 Å². The predicted octanol–water partition coefficient (Wildman–Crippen LogP) is 4.54. The molecule has 2 fully saturated rings. The zero-order valence-electron chi connectivity index (χ0n) is 16.9. The lowest BCUT2D eigenvalue weighted by Crippen LogP contribution is -2.29. The van der Waals surface area contributed by atoms with Crippen molar-refractivity contribution in [3.63, 3.8) is 0 Å². The van der Waals surface area contributed by atoms with Crippen LogP contribution in [0.5, 0.6) is 0 Å². The molecule has 2 aliphatic carbocycles.